The molecule has 0 radical (unpaired) electrons. The Labute approximate surface area is 203 Å². The third-order valence-electron chi connectivity index (χ3n) is 7.77. The second-order valence-corrected chi connectivity index (χ2v) is 10.4. The first-order valence-corrected chi connectivity index (χ1v) is 12.7. The average molecular weight is 485 g/mol. The molecule has 3 aromatic rings. The van der Waals surface area contributed by atoms with Gasteiger partial charge >= 0.3 is 0 Å². The number of alkyl halides is 1. The molecule has 1 aromatic carbocycles. The highest BCUT2D eigenvalue weighted by Crippen LogP contribution is 2.39. The summed E-state index contributed by atoms with van der Waals surface area (Å²) in [7, 11) is 0. The first kappa shape index (κ1) is 22.2. The van der Waals surface area contributed by atoms with Gasteiger partial charge in [0, 0.05) is 35.1 Å². The number of piperidine rings is 1. The monoisotopic (exact) mass is 484 g/mol. The van der Waals surface area contributed by atoms with Crippen molar-refractivity contribution < 1.29 is 9.50 Å². The number of nitrogens with zero attached hydrogens (tertiary/aromatic N) is 5. The summed E-state index contributed by atoms with van der Waals surface area (Å²) in [5, 5.41) is 19.4. The van der Waals surface area contributed by atoms with E-state index >= 15 is 4.39 Å². The standard InChI is InChI=1S/C25H30ClFN6O/c1-14-22(12-29-33(14)16-5-6-16)31-25-28-11-15-9-19(26)18(10-21(15)30-25)17-7-8-32(13-20(17)27)23-3-2-4-24(23)34/h9-12,16-17,20,23-24,34H,2-8,13H2,1H3,(H,28,30,31)/t17?,20-,23?,24?/m0/s1. The Kier molecular flexibility index (Phi) is 5.70. The van der Waals surface area contributed by atoms with Gasteiger partial charge in [0.1, 0.15) is 6.17 Å². The summed E-state index contributed by atoms with van der Waals surface area (Å²) in [5.41, 5.74) is 3.51. The van der Waals surface area contributed by atoms with Crippen LogP contribution in [0.4, 0.5) is 16.0 Å². The van der Waals surface area contributed by atoms with Crippen molar-refractivity contribution in [3.63, 3.8) is 0 Å². The number of hydrogen-bond donors (Lipinski definition) is 2. The molecule has 6 rings (SSSR count). The van der Waals surface area contributed by atoms with Crippen molar-refractivity contribution in [2.45, 2.75) is 75.7 Å². The zero-order valence-electron chi connectivity index (χ0n) is 19.3. The van der Waals surface area contributed by atoms with Crippen LogP contribution < -0.4 is 5.32 Å². The third-order valence-corrected chi connectivity index (χ3v) is 8.09. The number of aliphatic hydroxyl groups is 1. The summed E-state index contributed by atoms with van der Waals surface area (Å²) < 4.78 is 17.4. The molecule has 3 unspecified atom stereocenters. The van der Waals surface area contributed by atoms with Crippen molar-refractivity contribution in [3.05, 3.63) is 40.8 Å². The van der Waals surface area contributed by atoms with Crippen molar-refractivity contribution in [1.82, 2.24) is 24.6 Å². The van der Waals surface area contributed by atoms with Gasteiger partial charge in [-0.3, -0.25) is 9.58 Å². The molecule has 7 nitrogen and oxygen atoms in total. The van der Waals surface area contributed by atoms with Crippen LogP contribution in [0.2, 0.25) is 5.02 Å². The molecule has 180 valence electrons. The molecule has 0 bridgehead atoms. The summed E-state index contributed by atoms with van der Waals surface area (Å²) in [6.45, 7) is 3.15. The minimum absolute atomic E-state index is 0.0837. The molecule has 4 atom stereocenters. The Balaban J connectivity index is 1.23. The van der Waals surface area contributed by atoms with Crippen molar-refractivity contribution in [2.24, 2.45) is 0 Å². The Morgan fingerprint density at radius 3 is 2.74 bits per heavy atom. The van der Waals surface area contributed by atoms with Crippen LogP contribution in [-0.2, 0) is 0 Å². The Morgan fingerprint density at radius 2 is 2.00 bits per heavy atom. The highest BCUT2D eigenvalue weighted by atomic mass is 35.5. The summed E-state index contributed by atoms with van der Waals surface area (Å²) in [6, 6.07) is 4.35. The molecule has 1 aliphatic heterocycles. The second-order valence-electron chi connectivity index (χ2n) is 10.0. The minimum atomic E-state index is -1.04. The SMILES string of the molecule is Cc1c(Nc2ncc3cc(Cl)c(C4CCN(C5CCCC5O)C[C@@H]4F)cc3n2)cnn1C1CC1. The van der Waals surface area contributed by atoms with Crippen LogP contribution in [0, 0.1) is 6.92 Å². The number of benzene rings is 1. The smallest absolute Gasteiger partial charge is 0.227 e. The van der Waals surface area contributed by atoms with Gasteiger partial charge < -0.3 is 10.4 Å². The maximum Gasteiger partial charge on any atom is 0.227 e. The van der Waals surface area contributed by atoms with Crippen LogP contribution in [0.25, 0.3) is 10.9 Å². The number of aromatic nitrogens is 4. The van der Waals surface area contributed by atoms with Gasteiger partial charge in [0.15, 0.2) is 0 Å². The fourth-order valence-corrected chi connectivity index (χ4v) is 6.00. The van der Waals surface area contributed by atoms with E-state index in [0.717, 1.165) is 53.7 Å². The van der Waals surface area contributed by atoms with Gasteiger partial charge in [-0.2, -0.15) is 5.10 Å². The van der Waals surface area contributed by atoms with E-state index in [0.29, 0.717) is 30.0 Å². The molecule has 2 aromatic heterocycles. The first-order chi connectivity index (χ1) is 16.5. The first-order valence-electron chi connectivity index (χ1n) is 12.3. The lowest BCUT2D eigenvalue weighted by atomic mass is 9.86. The third kappa shape index (κ3) is 4.06. The Morgan fingerprint density at radius 1 is 1.15 bits per heavy atom. The lowest BCUT2D eigenvalue weighted by Gasteiger charge is -2.39. The molecule has 9 heteroatoms. The summed E-state index contributed by atoms with van der Waals surface area (Å²) in [6.07, 6.45) is 7.98. The van der Waals surface area contributed by atoms with Gasteiger partial charge in [-0.1, -0.05) is 11.6 Å². The molecule has 3 fully saturated rings. The predicted octanol–water partition coefficient (Wildman–Crippen LogP) is 4.91. The molecular formula is C25H30ClFN6O. The van der Waals surface area contributed by atoms with E-state index in [1.165, 1.54) is 12.8 Å². The minimum Gasteiger partial charge on any atom is -0.391 e. The van der Waals surface area contributed by atoms with Crippen LogP contribution in [0.5, 0.6) is 0 Å². The molecule has 2 saturated carbocycles. The van der Waals surface area contributed by atoms with Crippen molar-refractivity contribution in [1.29, 1.82) is 0 Å². The second kappa shape index (κ2) is 8.73. The van der Waals surface area contributed by atoms with Crippen LogP contribution in [0.15, 0.2) is 24.5 Å². The number of likely N-dealkylation sites (tertiary alicyclic amines) is 1. The number of fused-ring (bicyclic) bond motifs is 1. The molecule has 2 N–H and O–H groups in total. The van der Waals surface area contributed by atoms with E-state index in [2.05, 4.69) is 25.0 Å². The zero-order chi connectivity index (χ0) is 23.4. The normalized spacial score (nSPS) is 28.0. The largest absolute Gasteiger partial charge is 0.391 e. The van der Waals surface area contributed by atoms with Crippen molar-refractivity contribution >= 4 is 34.1 Å². The number of aliphatic hydroxyl groups excluding tert-OH is 1. The van der Waals surface area contributed by atoms with Gasteiger partial charge in [-0.15, -0.1) is 0 Å². The van der Waals surface area contributed by atoms with E-state index in [1.54, 1.807) is 6.20 Å². The molecule has 2 aliphatic carbocycles. The number of rotatable bonds is 5. The van der Waals surface area contributed by atoms with Gasteiger partial charge in [0.2, 0.25) is 5.95 Å². The molecule has 0 amide bonds. The maximum atomic E-state index is 15.4. The van der Waals surface area contributed by atoms with Gasteiger partial charge in [-0.25, -0.2) is 14.4 Å². The highest BCUT2D eigenvalue weighted by Gasteiger charge is 2.38. The average Bonchev–Trinajstić information content (AvgIpc) is 3.47. The van der Waals surface area contributed by atoms with Crippen LogP contribution in [0.1, 0.15) is 61.7 Å². The fraction of sp³-hybridized carbons (Fsp3) is 0.560. The lowest BCUT2D eigenvalue weighted by Crippen LogP contribution is -2.49. The highest BCUT2D eigenvalue weighted by molar-refractivity contribution is 6.32. The van der Waals surface area contributed by atoms with Crippen LogP contribution >= 0.6 is 11.6 Å². The van der Waals surface area contributed by atoms with E-state index in [-0.39, 0.29) is 18.1 Å². The number of anilines is 2. The van der Waals surface area contributed by atoms with Gasteiger partial charge in [-0.05, 0) is 69.7 Å². The van der Waals surface area contributed by atoms with Crippen LogP contribution in [0.3, 0.4) is 0 Å². The molecule has 0 spiro atoms. The zero-order valence-corrected chi connectivity index (χ0v) is 20.0. The van der Waals surface area contributed by atoms with Crippen LogP contribution in [-0.4, -0.2) is 61.2 Å². The number of hydrogen-bond acceptors (Lipinski definition) is 6. The van der Waals surface area contributed by atoms with Gasteiger partial charge in [0.05, 0.1) is 35.2 Å². The number of halogens is 2. The Bertz CT molecular complexity index is 1210. The van der Waals surface area contributed by atoms with Gasteiger partial charge in [0.25, 0.3) is 0 Å². The van der Waals surface area contributed by atoms with E-state index in [1.807, 2.05) is 25.3 Å². The molecule has 3 aliphatic rings. The fourth-order valence-electron chi connectivity index (χ4n) is 5.69. The lowest BCUT2D eigenvalue weighted by molar-refractivity contribution is 0.0271. The molecule has 3 heterocycles. The molecular weight excluding hydrogens is 455 g/mol. The summed E-state index contributed by atoms with van der Waals surface area (Å²) in [5.74, 6) is 0.207. The van der Waals surface area contributed by atoms with E-state index in [9.17, 15) is 5.11 Å². The van der Waals surface area contributed by atoms with Crippen molar-refractivity contribution in [3.8, 4) is 0 Å². The predicted molar refractivity (Wildman–Crippen MR) is 131 cm³/mol. The van der Waals surface area contributed by atoms with E-state index < -0.39 is 6.17 Å². The molecule has 34 heavy (non-hydrogen) atoms. The summed E-state index contributed by atoms with van der Waals surface area (Å²) in [4.78, 5) is 11.3. The van der Waals surface area contributed by atoms with E-state index in [4.69, 9.17) is 16.6 Å². The topological polar surface area (TPSA) is 79.1 Å². The molecule has 1 saturated heterocycles. The van der Waals surface area contributed by atoms with Crippen molar-refractivity contribution in [2.75, 3.05) is 18.4 Å². The summed E-state index contributed by atoms with van der Waals surface area (Å²) >= 11 is 6.61. The Hall–Kier alpha value is -2.29. The maximum absolute atomic E-state index is 15.4. The quantitative estimate of drug-likeness (QED) is 0.536. The number of nitrogens with one attached hydrogen (secondary N) is 1.